The summed E-state index contributed by atoms with van der Waals surface area (Å²) in [7, 11) is 0. The van der Waals surface area contributed by atoms with Gasteiger partial charge in [-0.3, -0.25) is 4.68 Å². The van der Waals surface area contributed by atoms with Crippen molar-refractivity contribution in [1.29, 1.82) is 0 Å². The quantitative estimate of drug-likeness (QED) is 0.839. The molecule has 4 heteroatoms. The molecule has 0 bridgehead atoms. The Morgan fingerprint density at radius 3 is 2.67 bits per heavy atom. The van der Waals surface area contributed by atoms with Crippen LogP contribution in [0.5, 0.6) is 0 Å². The van der Waals surface area contributed by atoms with Crippen LogP contribution in [-0.4, -0.2) is 14.8 Å². The van der Waals surface area contributed by atoms with Crippen molar-refractivity contribution in [3.05, 3.63) is 42.7 Å². The molecule has 1 unspecified atom stereocenters. The maximum Gasteiger partial charge on any atom is 0.0748 e. The highest BCUT2D eigenvalue weighted by molar-refractivity contribution is 7.80. The van der Waals surface area contributed by atoms with E-state index >= 15 is 0 Å². The molecule has 3 nitrogen and oxygen atoms in total. The van der Waals surface area contributed by atoms with Crippen LogP contribution in [0, 0.1) is 0 Å². The average molecular weight is 259 g/mol. The molecule has 0 aliphatic carbocycles. The van der Waals surface area contributed by atoms with Crippen molar-refractivity contribution < 1.29 is 0 Å². The van der Waals surface area contributed by atoms with Gasteiger partial charge >= 0.3 is 0 Å². The molecule has 1 heterocycles. The fraction of sp³-hybridized carbons (Fsp3) is 0.286. The fourth-order valence-electron chi connectivity index (χ4n) is 1.97. The number of hydrogen-bond donors (Lipinski definition) is 1. The first-order valence-electron chi connectivity index (χ1n) is 6.08. The van der Waals surface area contributed by atoms with Crippen LogP contribution in [0.2, 0.25) is 0 Å². The topological polar surface area (TPSA) is 43.8 Å². The fourth-order valence-corrected chi connectivity index (χ4v) is 2.17. The first-order chi connectivity index (χ1) is 8.70. The summed E-state index contributed by atoms with van der Waals surface area (Å²) in [5, 5.41) is 4.42. The summed E-state index contributed by atoms with van der Waals surface area (Å²) in [6, 6.07) is 10.5. The van der Waals surface area contributed by atoms with Gasteiger partial charge in [-0.15, -0.1) is 0 Å². The number of thiocarbonyl (C=S) groups is 1. The second-order valence-electron chi connectivity index (χ2n) is 4.31. The highest BCUT2D eigenvalue weighted by atomic mass is 32.1. The van der Waals surface area contributed by atoms with Crippen LogP contribution in [-0.2, 0) is 0 Å². The highest BCUT2D eigenvalue weighted by Gasteiger charge is 2.11. The molecule has 0 saturated carbocycles. The van der Waals surface area contributed by atoms with Gasteiger partial charge in [-0.2, -0.15) is 5.10 Å². The Bertz CT molecular complexity index is 519. The average Bonchev–Trinajstić information content (AvgIpc) is 2.86. The maximum absolute atomic E-state index is 5.61. The van der Waals surface area contributed by atoms with E-state index in [0.29, 0.717) is 11.4 Å². The molecular formula is C14H17N3S. The third-order valence-electron chi connectivity index (χ3n) is 2.99. The number of aromatic nitrogens is 2. The molecule has 0 saturated heterocycles. The first kappa shape index (κ1) is 12.8. The van der Waals surface area contributed by atoms with Crippen molar-refractivity contribution in [1.82, 2.24) is 9.78 Å². The molecule has 2 N–H and O–H groups in total. The van der Waals surface area contributed by atoms with E-state index in [1.54, 1.807) is 0 Å². The van der Waals surface area contributed by atoms with Gasteiger partial charge in [0.2, 0.25) is 0 Å². The largest absolute Gasteiger partial charge is 0.393 e. The lowest BCUT2D eigenvalue weighted by Gasteiger charge is -2.14. The zero-order valence-corrected chi connectivity index (χ0v) is 11.2. The minimum atomic E-state index is 0.250. The zero-order chi connectivity index (χ0) is 13.0. The predicted octanol–water partition coefficient (Wildman–Crippen LogP) is 3.18. The van der Waals surface area contributed by atoms with E-state index in [2.05, 4.69) is 30.4 Å². The van der Waals surface area contributed by atoms with Crippen LogP contribution in [0.4, 0.5) is 0 Å². The van der Waals surface area contributed by atoms with E-state index in [0.717, 1.165) is 12.0 Å². The molecule has 0 aliphatic rings. The van der Waals surface area contributed by atoms with Crippen LogP contribution in [0.1, 0.15) is 25.8 Å². The van der Waals surface area contributed by atoms with Crippen LogP contribution in [0.15, 0.2) is 42.7 Å². The molecule has 0 fully saturated rings. The lowest BCUT2D eigenvalue weighted by atomic mass is 10.1. The number of nitrogens with two attached hydrogens (primary N) is 1. The second-order valence-corrected chi connectivity index (χ2v) is 4.83. The molecule has 2 rings (SSSR count). The molecule has 1 aromatic carbocycles. The lowest BCUT2D eigenvalue weighted by Crippen LogP contribution is -2.17. The van der Waals surface area contributed by atoms with Gasteiger partial charge in [0, 0.05) is 18.2 Å². The van der Waals surface area contributed by atoms with Crippen LogP contribution in [0.3, 0.4) is 0 Å². The van der Waals surface area contributed by atoms with E-state index < -0.39 is 0 Å². The van der Waals surface area contributed by atoms with Gasteiger partial charge in [0.05, 0.1) is 17.2 Å². The Hall–Kier alpha value is -1.68. The first-order valence-corrected chi connectivity index (χ1v) is 6.49. The van der Waals surface area contributed by atoms with Crippen molar-refractivity contribution in [2.45, 2.75) is 25.8 Å². The number of nitrogens with zero attached hydrogens (tertiary/aromatic N) is 2. The minimum Gasteiger partial charge on any atom is -0.393 e. The SMILES string of the molecule is CCC(CC(N)=S)n1cc(-c2ccccc2)cn1. The highest BCUT2D eigenvalue weighted by Crippen LogP contribution is 2.22. The van der Waals surface area contributed by atoms with Gasteiger partial charge in [-0.05, 0) is 12.0 Å². The number of rotatable bonds is 5. The summed E-state index contributed by atoms with van der Waals surface area (Å²) in [5.74, 6) is 0. The van der Waals surface area contributed by atoms with Crippen LogP contribution >= 0.6 is 12.2 Å². The van der Waals surface area contributed by atoms with E-state index in [-0.39, 0.29) is 6.04 Å². The Labute approximate surface area is 113 Å². The van der Waals surface area contributed by atoms with Gasteiger partial charge in [-0.25, -0.2) is 0 Å². The summed E-state index contributed by atoms with van der Waals surface area (Å²) in [6.07, 6.45) is 5.61. The van der Waals surface area contributed by atoms with Crippen molar-refractivity contribution >= 4 is 17.2 Å². The Balaban J connectivity index is 2.22. The van der Waals surface area contributed by atoms with Crippen molar-refractivity contribution in [3.63, 3.8) is 0 Å². The smallest absolute Gasteiger partial charge is 0.0748 e. The monoisotopic (exact) mass is 259 g/mol. The second kappa shape index (κ2) is 5.78. The lowest BCUT2D eigenvalue weighted by molar-refractivity contribution is 0.455. The molecule has 1 aromatic heterocycles. The third-order valence-corrected chi connectivity index (χ3v) is 3.16. The minimum absolute atomic E-state index is 0.250. The Morgan fingerprint density at radius 1 is 1.33 bits per heavy atom. The molecular weight excluding hydrogens is 242 g/mol. The molecule has 1 atom stereocenters. The maximum atomic E-state index is 5.61. The Morgan fingerprint density at radius 2 is 2.06 bits per heavy atom. The summed E-state index contributed by atoms with van der Waals surface area (Å²) >= 11 is 4.97. The summed E-state index contributed by atoms with van der Waals surface area (Å²) in [6.45, 7) is 2.12. The van der Waals surface area contributed by atoms with Crippen molar-refractivity contribution in [3.8, 4) is 11.1 Å². The van der Waals surface area contributed by atoms with Gasteiger partial charge in [0.25, 0.3) is 0 Å². The third kappa shape index (κ3) is 2.96. The summed E-state index contributed by atoms with van der Waals surface area (Å²) in [4.78, 5) is 0.540. The normalized spacial score (nSPS) is 12.3. The number of hydrogen-bond acceptors (Lipinski definition) is 2. The summed E-state index contributed by atoms with van der Waals surface area (Å²) < 4.78 is 1.96. The summed E-state index contributed by atoms with van der Waals surface area (Å²) in [5.41, 5.74) is 7.91. The molecule has 94 valence electrons. The van der Waals surface area contributed by atoms with Crippen LogP contribution < -0.4 is 5.73 Å². The molecule has 0 radical (unpaired) electrons. The molecule has 2 aromatic rings. The van der Waals surface area contributed by atoms with E-state index in [9.17, 15) is 0 Å². The standard InChI is InChI=1S/C14H17N3S/c1-2-13(8-14(15)18)17-10-12(9-16-17)11-6-4-3-5-7-11/h3-7,9-10,13H,2,8H2,1H3,(H2,15,18). The molecule has 0 amide bonds. The van der Waals surface area contributed by atoms with Crippen LogP contribution in [0.25, 0.3) is 11.1 Å². The zero-order valence-electron chi connectivity index (χ0n) is 10.4. The van der Waals surface area contributed by atoms with E-state index in [1.807, 2.05) is 29.1 Å². The van der Waals surface area contributed by atoms with Crippen molar-refractivity contribution in [2.24, 2.45) is 5.73 Å². The van der Waals surface area contributed by atoms with Crippen molar-refractivity contribution in [2.75, 3.05) is 0 Å². The van der Waals surface area contributed by atoms with Gasteiger partial charge in [0.1, 0.15) is 0 Å². The van der Waals surface area contributed by atoms with Gasteiger partial charge in [0.15, 0.2) is 0 Å². The number of benzene rings is 1. The predicted molar refractivity (Wildman–Crippen MR) is 78.4 cm³/mol. The van der Waals surface area contributed by atoms with E-state index in [1.165, 1.54) is 5.56 Å². The molecule has 0 aliphatic heterocycles. The van der Waals surface area contributed by atoms with E-state index in [4.69, 9.17) is 18.0 Å². The van der Waals surface area contributed by atoms with Gasteiger partial charge in [-0.1, -0.05) is 49.5 Å². The molecule has 18 heavy (non-hydrogen) atoms. The molecule has 0 spiro atoms. The van der Waals surface area contributed by atoms with Gasteiger partial charge < -0.3 is 5.73 Å². The Kier molecular flexibility index (Phi) is 4.10.